The standard InChI is InChI=1S/C12H13BrN2O2S/c1-14-4-5-15(7-11(14)16)12(17)9-3-2-8(13)6-10(9)18/h2-3,6,18H,4-5,7H2,1H3. The van der Waals surface area contributed by atoms with E-state index in [1.165, 1.54) is 0 Å². The number of thiol groups is 1. The molecule has 1 aliphatic heterocycles. The second-order valence-corrected chi connectivity index (χ2v) is 5.60. The van der Waals surface area contributed by atoms with Crippen LogP contribution in [0.15, 0.2) is 27.6 Å². The topological polar surface area (TPSA) is 40.6 Å². The van der Waals surface area contributed by atoms with Gasteiger partial charge in [0.15, 0.2) is 0 Å². The van der Waals surface area contributed by atoms with Gasteiger partial charge in [-0.05, 0) is 18.2 Å². The van der Waals surface area contributed by atoms with Gasteiger partial charge in [0.05, 0.1) is 5.56 Å². The molecule has 4 nitrogen and oxygen atoms in total. The van der Waals surface area contributed by atoms with Crippen molar-refractivity contribution in [3.05, 3.63) is 28.2 Å². The van der Waals surface area contributed by atoms with E-state index < -0.39 is 0 Å². The van der Waals surface area contributed by atoms with Gasteiger partial charge in [-0.15, -0.1) is 12.6 Å². The van der Waals surface area contributed by atoms with Crippen molar-refractivity contribution < 1.29 is 9.59 Å². The van der Waals surface area contributed by atoms with Crippen LogP contribution in [0.2, 0.25) is 0 Å². The maximum atomic E-state index is 12.3. The molecule has 0 spiro atoms. The van der Waals surface area contributed by atoms with E-state index in [0.717, 1.165) is 4.47 Å². The minimum Gasteiger partial charge on any atom is -0.342 e. The zero-order valence-corrected chi connectivity index (χ0v) is 12.4. The summed E-state index contributed by atoms with van der Waals surface area (Å²) in [6, 6.07) is 5.29. The second-order valence-electron chi connectivity index (χ2n) is 4.20. The van der Waals surface area contributed by atoms with E-state index in [1.54, 1.807) is 35.0 Å². The van der Waals surface area contributed by atoms with Crippen LogP contribution in [0.3, 0.4) is 0 Å². The molecule has 0 atom stereocenters. The lowest BCUT2D eigenvalue weighted by Crippen LogP contribution is -2.50. The average Bonchev–Trinajstić information content (AvgIpc) is 2.32. The van der Waals surface area contributed by atoms with E-state index in [-0.39, 0.29) is 18.4 Å². The van der Waals surface area contributed by atoms with Crippen LogP contribution in [-0.4, -0.2) is 48.3 Å². The van der Waals surface area contributed by atoms with Crippen molar-refractivity contribution in [1.82, 2.24) is 9.80 Å². The lowest BCUT2D eigenvalue weighted by atomic mass is 10.2. The van der Waals surface area contributed by atoms with Gasteiger partial charge in [0, 0.05) is 29.5 Å². The van der Waals surface area contributed by atoms with Gasteiger partial charge in [0.2, 0.25) is 5.91 Å². The fraction of sp³-hybridized carbons (Fsp3) is 0.333. The van der Waals surface area contributed by atoms with Crippen molar-refractivity contribution in [3.8, 4) is 0 Å². The number of hydrogen-bond acceptors (Lipinski definition) is 3. The Morgan fingerprint density at radius 1 is 1.39 bits per heavy atom. The van der Waals surface area contributed by atoms with E-state index in [1.807, 2.05) is 0 Å². The number of hydrogen-bond donors (Lipinski definition) is 1. The summed E-state index contributed by atoms with van der Waals surface area (Å²) in [6.45, 7) is 1.27. The van der Waals surface area contributed by atoms with Crippen molar-refractivity contribution in [2.75, 3.05) is 26.7 Å². The highest BCUT2D eigenvalue weighted by molar-refractivity contribution is 9.10. The van der Waals surface area contributed by atoms with Crippen LogP contribution < -0.4 is 0 Å². The van der Waals surface area contributed by atoms with E-state index in [9.17, 15) is 9.59 Å². The molecule has 96 valence electrons. The number of carbonyl (C=O) groups excluding carboxylic acids is 2. The Kier molecular flexibility index (Phi) is 3.97. The van der Waals surface area contributed by atoms with Gasteiger partial charge in [0.1, 0.15) is 6.54 Å². The third-order valence-corrected chi connectivity index (χ3v) is 3.80. The molecule has 1 fully saturated rings. The molecule has 0 aliphatic carbocycles. The largest absolute Gasteiger partial charge is 0.342 e. The predicted molar refractivity (Wildman–Crippen MR) is 74.9 cm³/mol. The van der Waals surface area contributed by atoms with E-state index in [4.69, 9.17) is 0 Å². The fourth-order valence-electron chi connectivity index (χ4n) is 1.79. The lowest BCUT2D eigenvalue weighted by molar-refractivity contribution is -0.133. The van der Waals surface area contributed by atoms with E-state index in [0.29, 0.717) is 23.5 Å². The molecule has 2 amide bonds. The Hall–Kier alpha value is -1.01. The van der Waals surface area contributed by atoms with Gasteiger partial charge in [-0.2, -0.15) is 0 Å². The molecule has 0 unspecified atom stereocenters. The minimum atomic E-state index is -0.144. The molecule has 1 aromatic carbocycles. The van der Waals surface area contributed by atoms with Crippen LogP contribution in [0.25, 0.3) is 0 Å². The number of nitrogens with zero attached hydrogens (tertiary/aromatic N) is 2. The fourth-order valence-corrected chi connectivity index (χ4v) is 2.64. The Balaban J connectivity index is 2.19. The highest BCUT2D eigenvalue weighted by atomic mass is 79.9. The van der Waals surface area contributed by atoms with Crippen LogP contribution in [0.1, 0.15) is 10.4 Å². The summed E-state index contributed by atoms with van der Waals surface area (Å²) in [7, 11) is 1.74. The summed E-state index contributed by atoms with van der Waals surface area (Å²) in [5.41, 5.74) is 0.527. The zero-order valence-electron chi connectivity index (χ0n) is 9.89. The summed E-state index contributed by atoms with van der Waals surface area (Å²) in [5, 5.41) is 0. The van der Waals surface area contributed by atoms with Crippen molar-refractivity contribution >= 4 is 40.4 Å². The van der Waals surface area contributed by atoms with Crippen LogP contribution in [0, 0.1) is 0 Å². The molecule has 18 heavy (non-hydrogen) atoms. The maximum absolute atomic E-state index is 12.3. The number of halogens is 1. The molecular weight excluding hydrogens is 316 g/mol. The smallest absolute Gasteiger partial charge is 0.255 e. The summed E-state index contributed by atoms with van der Waals surface area (Å²) >= 11 is 7.62. The molecule has 0 bridgehead atoms. The molecule has 1 aliphatic rings. The van der Waals surface area contributed by atoms with Gasteiger partial charge < -0.3 is 9.80 Å². The first-order valence-corrected chi connectivity index (χ1v) is 6.75. The van der Waals surface area contributed by atoms with Gasteiger partial charge in [0.25, 0.3) is 5.91 Å². The monoisotopic (exact) mass is 328 g/mol. The summed E-state index contributed by atoms with van der Waals surface area (Å²) in [6.07, 6.45) is 0. The number of piperazine rings is 1. The van der Waals surface area contributed by atoms with E-state index in [2.05, 4.69) is 28.6 Å². The Bertz CT molecular complexity index is 507. The lowest BCUT2D eigenvalue weighted by Gasteiger charge is -2.32. The molecule has 6 heteroatoms. The van der Waals surface area contributed by atoms with Gasteiger partial charge in [-0.3, -0.25) is 9.59 Å². The Labute approximate surface area is 119 Å². The number of carbonyl (C=O) groups is 2. The SMILES string of the molecule is CN1CCN(C(=O)c2ccc(Br)cc2S)CC1=O. The summed E-state index contributed by atoms with van der Waals surface area (Å²) < 4.78 is 0.874. The summed E-state index contributed by atoms with van der Waals surface area (Å²) in [4.78, 5) is 27.7. The maximum Gasteiger partial charge on any atom is 0.255 e. The van der Waals surface area contributed by atoms with Crippen molar-refractivity contribution in [1.29, 1.82) is 0 Å². The highest BCUT2D eigenvalue weighted by Crippen LogP contribution is 2.21. The number of amides is 2. The first-order chi connectivity index (χ1) is 8.49. The molecular formula is C12H13BrN2O2S. The first kappa shape index (κ1) is 13.4. The summed E-state index contributed by atoms with van der Waals surface area (Å²) in [5.74, 6) is -0.179. The molecule has 1 saturated heterocycles. The minimum absolute atomic E-state index is 0.0348. The quantitative estimate of drug-likeness (QED) is 0.796. The van der Waals surface area contributed by atoms with Gasteiger partial charge in [-0.1, -0.05) is 15.9 Å². The van der Waals surface area contributed by atoms with Crippen LogP contribution in [-0.2, 0) is 4.79 Å². The molecule has 1 heterocycles. The van der Waals surface area contributed by atoms with Crippen LogP contribution >= 0.6 is 28.6 Å². The van der Waals surface area contributed by atoms with E-state index >= 15 is 0 Å². The predicted octanol–water partition coefficient (Wildman–Crippen LogP) is 1.65. The molecule has 0 radical (unpaired) electrons. The molecule has 0 aromatic heterocycles. The average molecular weight is 329 g/mol. The third-order valence-electron chi connectivity index (χ3n) is 2.93. The third kappa shape index (κ3) is 2.70. The van der Waals surface area contributed by atoms with Crippen LogP contribution in [0.4, 0.5) is 0 Å². The molecule has 1 aromatic rings. The van der Waals surface area contributed by atoms with Gasteiger partial charge >= 0.3 is 0 Å². The first-order valence-electron chi connectivity index (χ1n) is 5.51. The Morgan fingerprint density at radius 2 is 2.11 bits per heavy atom. The molecule has 2 rings (SSSR count). The van der Waals surface area contributed by atoms with Gasteiger partial charge in [-0.25, -0.2) is 0 Å². The molecule has 0 saturated carbocycles. The normalized spacial score (nSPS) is 16.1. The van der Waals surface area contributed by atoms with Crippen molar-refractivity contribution in [2.45, 2.75) is 4.90 Å². The zero-order chi connectivity index (χ0) is 13.3. The highest BCUT2D eigenvalue weighted by Gasteiger charge is 2.26. The number of benzene rings is 1. The second kappa shape index (κ2) is 5.32. The van der Waals surface area contributed by atoms with Crippen molar-refractivity contribution in [2.24, 2.45) is 0 Å². The number of rotatable bonds is 1. The Morgan fingerprint density at radius 3 is 2.72 bits per heavy atom. The molecule has 0 N–H and O–H groups in total. The van der Waals surface area contributed by atoms with Crippen molar-refractivity contribution in [3.63, 3.8) is 0 Å². The number of likely N-dealkylation sites (N-methyl/N-ethyl adjacent to an activating group) is 1. The van der Waals surface area contributed by atoms with Crippen LogP contribution in [0.5, 0.6) is 0 Å².